The van der Waals surface area contributed by atoms with Crippen LogP contribution in [0, 0.1) is 11.2 Å². The molecule has 6 nitrogen and oxygen atoms in total. The number of aromatic nitrogens is 4. The highest BCUT2D eigenvalue weighted by Crippen LogP contribution is 2.15. The molecule has 0 fully saturated rings. The van der Waals surface area contributed by atoms with Crippen LogP contribution in [0.5, 0.6) is 0 Å². The van der Waals surface area contributed by atoms with Gasteiger partial charge in [-0.3, -0.25) is 5.41 Å². The molecule has 0 bridgehead atoms. The van der Waals surface area contributed by atoms with Crippen LogP contribution in [0.25, 0.3) is 16.7 Å². The van der Waals surface area contributed by atoms with Gasteiger partial charge in [-0.15, -0.1) is 0 Å². The Kier molecular flexibility index (Phi) is 2.12. The number of para-hydroxylation sites is 1. The second-order valence-electron chi connectivity index (χ2n) is 3.75. The predicted molar refractivity (Wildman–Crippen MR) is 62.8 cm³/mol. The summed E-state index contributed by atoms with van der Waals surface area (Å²) in [6.07, 6.45) is 2.74. The van der Waals surface area contributed by atoms with Gasteiger partial charge in [0.2, 0.25) is 0 Å². The molecule has 0 aliphatic carbocycles. The Hall–Kier alpha value is -2.70. The van der Waals surface area contributed by atoms with Crippen molar-refractivity contribution in [3.8, 4) is 5.69 Å². The summed E-state index contributed by atoms with van der Waals surface area (Å²) in [5, 5.41) is 12.3. The van der Waals surface area contributed by atoms with Crippen molar-refractivity contribution in [2.24, 2.45) is 0 Å². The summed E-state index contributed by atoms with van der Waals surface area (Å²) in [6.45, 7) is 0. The van der Waals surface area contributed by atoms with Gasteiger partial charge >= 0.3 is 0 Å². The summed E-state index contributed by atoms with van der Waals surface area (Å²) in [6, 6.07) is 6.24. The number of fused-ring (bicyclic) bond motifs is 1. The second kappa shape index (κ2) is 3.66. The maximum atomic E-state index is 13.7. The average Bonchev–Trinajstić information content (AvgIpc) is 2.79. The van der Waals surface area contributed by atoms with Crippen LogP contribution in [0.3, 0.4) is 0 Å². The average molecular weight is 244 g/mol. The molecular weight excluding hydrogens is 235 g/mol. The van der Waals surface area contributed by atoms with E-state index in [-0.39, 0.29) is 11.2 Å². The Morgan fingerprint density at radius 2 is 2.06 bits per heavy atom. The third-order valence-electron chi connectivity index (χ3n) is 2.64. The molecule has 0 aliphatic rings. The van der Waals surface area contributed by atoms with Crippen LogP contribution in [-0.4, -0.2) is 19.4 Å². The quantitative estimate of drug-likeness (QED) is 0.613. The summed E-state index contributed by atoms with van der Waals surface area (Å²) in [4.78, 5) is 4.07. The molecule has 3 N–H and O–H groups in total. The highest BCUT2D eigenvalue weighted by Gasteiger charge is 2.11. The fraction of sp³-hybridized carbons (Fsp3) is 0. The van der Waals surface area contributed by atoms with Gasteiger partial charge in [0.15, 0.2) is 11.1 Å². The van der Waals surface area contributed by atoms with E-state index < -0.39 is 5.82 Å². The Morgan fingerprint density at radius 1 is 1.28 bits per heavy atom. The smallest absolute Gasteiger partial charge is 0.168 e. The highest BCUT2D eigenvalue weighted by atomic mass is 19.1. The van der Waals surface area contributed by atoms with Gasteiger partial charge in [0.1, 0.15) is 17.8 Å². The molecule has 3 aromatic rings. The van der Waals surface area contributed by atoms with Crippen LogP contribution in [0.4, 0.5) is 4.39 Å². The molecular formula is C11H9FN6. The molecule has 3 rings (SSSR count). The normalized spacial score (nSPS) is 10.9. The fourth-order valence-corrected chi connectivity index (χ4v) is 1.75. The Bertz CT molecular complexity index is 788. The SMILES string of the molecule is N=c1c2cnn(-c3ccccc3F)c2ncn1N. The van der Waals surface area contributed by atoms with Crippen molar-refractivity contribution in [3.63, 3.8) is 0 Å². The molecule has 0 radical (unpaired) electrons. The van der Waals surface area contributed by atoms with Crippen LogP contribution >= 0.6 is 0 Å². The minimum absolute atomic E-state index is 0.0718. The number of halogens is 1. The van der Waals surface area contributed by atoms with Gasteiger partial charge in [-0.1, -0.05) is 12.1 Å². The molecule has 90 valence electrons. The number of rotatable bonds is 1. The lowest BCUT2D eigenvalue weighted by Gasteiger charge is -2.04. The molecule has 2 aromatic heterocycles. The summed E-state index contributed by atoms with van der Waals surface area (Å²) < 4.78 is 16.1. The number of nitrogens with two attached hydrogens (primary N) is 1. The first kappa shape index (κ1) is 10.5. The van der Waals surface area contributed by atoms with Crippen LogP contribution < -0.4 is 11.3 Å². The number of hydrogen-bond acceptors (Lipinski definition) is 4. The monoisotopic (exact) mass is 244 g/mol. The zero-order chi connectivity index (χ0) is 12.7. The summed E-state index contributed by atoms with van der Waals surface area (Å²) in [7, 11) is 0. The van der Waals surface area contributed by atoms with E-state index >= 15 is 0 Å². The van der Waals surface area contributed by atoms with Crippen molar-refractivity contribution in [1.29, 1.82) is 5.41 Å². The summed E-state index contributed by atoms with van der Waals surface area (Å²) in [5.74, 6) is 5.12. The van der Waals surface area contributed by atoms with Crippen LogP contribution in [-0.2, 0) is 0 Å². The molecule has 7 heteroatoms. The molecule has 18 heavy (non-hydrogen) atoms. The molecule has 1 aromatic carbocycles. The van der Waals surface area contributed by atoms with Crippen LogP contribution in [0.2, 0.25) is 0 Å². The first-order valence-electron chi connectivity index (χ1n) is 5.18. The van der Waals surface area contributed by atoms with Gasteiger partial charge in [-0.05, 0) is 12.1 Å². The van der Waals surface area contributed by atoms with Crippen LogP contribution in [0.1, 0.15) is 0 Å². The third kappa shape index (κ3) is 1.37. The fourth-order valence-electron chi connectivity index (χ4n) is 1.75. The van der Waals surface area contributed by atoms with E-state index in [1.165, 1.54) is 23.3 Å². The molecule has 0 spiro atoms. The number of nitrogen functional groups attached to an aromatic ring is 1. The first-order chi connectivity index (χ1) is 8.68. The largest absolute Gasteiger partial charge is 0.336 e. The van der Waals surface area contributed by atoms with Gasteiger partial charge in [-0.25, -0.2) is 18.7 Å². The van der Waals surface area contributed by atoms with E-state index in [0.717, 1.165) is 4.68 Å². The van der Waals surface area contributed by atoms with Crippen molar-refractivity contribution in [1.82, 2.24) is 19.4 Å². The Morgan fingerprint density at radius 3 is 2.83 bits per heavy atom. The molecule has 0 aliphatic heterocycles. The lowest BCUT2D eigenvalue weighted by molar-refractivity contribution is 0.612. The molecule has 0 saturated carbocycles. The van der Waals surface area contributed by atoms with E-state index in [0.29, 0.717) is 11.0 Å². The highest BCUT2D eigenvalue weighted by molar-refractivity contribution is 5.74. The van der Waals surface area contributed by atoms with Crippen LogP contribution in [0.15, 0.2) is 36.8 Å². The minimum Gasteiger partial charge on any atom is -0.336 e. The molecule has 0 amide bonds. The lowest BCUT2D eigenvalue weighted by Crippen LogP contribution is -2.27. The standard InChI is InChI=1S/C11H9FN6/c12-8-3-1-2-4-9(8)18-11-7(5-16-18)10(13)17(14)6-15-11/h1-6,13H,14H2. The molecule has 0 unspecified atom stereocenters. The second-order valence-corrected chi connectivity index (χ2v) is 3.75. The number of benzene rings is 1. The zero-order valence-electron chi connectivity index (χ0n) is 9.21. The summed E-state index contributed by atoms with van der Waals surface area (Å²) in [5.41, 5.74) is 0.753. The van der Waals surface area contributed by atoms with Crippen molar-refractivity contribution >= 4 is 11.0 Å². The van der Waals surface area contributed by atoms with E-state index in [1.54, 1.807) is 18.2 Å². The maximum absolute atomic E-state index is 13.7. The first-order valence-corrected chi connectivity index (χ1v) is 5.18. The van der Waals surface area contributed by atoms with Crippen molar-refractivity contribution < 1.29 is 4.39 Å². The van der Waals surface area contributed by atoms with Gasteiger partial charge < -0.3 is 5.84 Å². The minimum atomic E-state index is -0.402. The lowest BCUT2D eigenvalue weighted by atomic mass is 10.3. The van der Waals surface area contributed by atoms with Gasteiger partial charge in [-0.2, -0.15) is 5.10 Å². The molecule has 2 heterocycles. The summed E-state index contributed by atoms with van der Waals surface area (Å²) >= 11 is 0. The van der Waals surface area contributed by atoms with E-state index in [4.69, 9.17) is 11.3 Å². The van der Waals surface area contributed by atoms with Gasteiger partial charge in [0.05, 0.1) is 11.6 Å². The number of nitrogens with one attached hydrogen (secondary N) is 1. The third-order valence-corrected chi connectivity index (χ3v) is 2.64. The van der Waals surface area contributed by atoms with Crippen molar-refractivity contribution in [3.05, 3.63) is 48.1 Å². The van der Waals surface area contributed by atoms with Crippen molar-refractivity contribution in [2.45, 2.75) is 0 Å². The molecule has 0 saturated heterocycles. The zero-order valence-corrected chi connectivity index (χ0v) is 9.21. The topological polar surface area (TPSA) is 85.5 Å². The van der Waals surface area contributed by atoms with E-state index in [9.17, 15) is 4.39 Å². The predicted octanol–water partition coefficient (Wildman–Crippen LogP) is 0.554. The van der Waals surface area contributed by atoms with E-state index in [2.05, 4.69) is 10.1 Å². The number of hydrogen-bond donors (Lipinski definition) is 2. The van der Waals surface area contributed by atoms with Gasteiger partial charge in [0, 0.05) is 0 Å². The van der Waals surface area contributed by atoms with Crippen molar-refractivity contribution in [2.75, 3.05) is 5.84 Å². The Balaban J connectivity index is 2.36. The van der Waals surface area contributed by atoms with Gasteiger partial charge in [0.25, 0.3) is 0 Å². The number of nitrogens with zero attached hydrogens (tertiary/aromatic N) is 4. The maximum Gasteiger partial charge on any atom is 0.168 e. The Labute approximate surface area is 101 Å². The van der Waals surface area contributed by atoms with E-state index in [1.807, 2.05) is 0 Å². The molecule has 0 atom stereocenters.